The fourth-order valence-electron chi connectivity index (χ4n) is 2.08. The van der Waals surface area contributed by atoms with Crippen LogP contribution in [0.15, 0.2) is 15.5 Å². The first-order chi connectivity index (χ1) is 10.5. The Hall–Kier alpha value is -2.34. The van der Waals surface area contributed by atoms with Gasteiger partial charge in [0, 0.05) is 20.6 Å². The maximum absolute atomic E-state index is 11.8. The van der Waals surface area contributed by atoms with Crippen LogP contribution < -0.4 is 16.2 Å². The number of aromatic nitrogens is 4. The summed E-state index contributed by atoms with van der Waals surface area (Å²) in [6.45, 7) is 0.692. The molecule has 0 saturated heterocycles. The Bertz CT molecular complexity index is 774. The zero-order valence-electron chi connectivity index (χ0n) is 12.3. The van der Waals surface area contributed by atoms with Crippen molar-refractivity contribution in [2.45, 2.75) is 12.8 Å². The highest BCUT2D eigenvalue weighted by Gasteiger charge is 2.13. The van der Waals surface area contributed by atoms with E-state index in [-0.39, 0.29) is 11.4 Å². The summed E-state index contributed by atoms with van der Waals surface area (Å²) in [5, 5.41) is 19.6. The largest absolute Gasteiger partial charge is 0.381 e. The van der Waals surface area contributed by atoms with Gasteiger partial charge < -0.3 is 10.6 Å². The Morgan fingerprint density at radius 1 is 1.59 bits per heavy atom. The quantitative estimate of drug-likeness (QED) is 0.808. The van der Waals surface area contributed by atoms with Gasteiger partial charge in [-0.1, -0.05) is 0 Å². The first-order valence-electron chi connectivity index (χ1n) is 6.61. The molecule has 0 atom stereocenters. The van der Waals surface area contributed by atoms with Crippen LogP contribution in [0.1, 0.15) is 17.7 Å². The third-order valence-electron chi connectivity index (χ3n) is 3.37. The van der Waals surface area contributed by atoms with Crippen molar-refractivity contribution in [3.8, 4) is 6.07 Å². The molecule has 116 valence electrons. The first kappa shape index (κ1) is 16.0. The molecule has 0 unspecified atom stereocenters. The lowest BCUT2D eigenvalue weighted by Crippen LogP contribution is -2.26. The molecular weight excluding hydrogens is 350 g/mol. The van der Waals surface area contributed by atoms with E-state index in [1.165, 1.54) is 4.68 Å². The second-order valence-corrected chi connectivity index (χ2v) is 5.66. The molecule has 0 aliphatic rings. The third-order valence-corrected chi connectivity index (χ3v) is 4.12. The number of nitrogens with two attached hydrogens (primary N) is 1. The lowest BCUT2D eigenvalue weighted by molar-refractivity contribution is 0.693. The second-order valence-electron chi connectivity index (χ2n) is 4.87. The minimum atomic E-state index is -0.183. The number of nitrogen functional groups attached to an aromatic ring is 1. The van der Waals surface area contributed by atoms with E-state index < -0.39 is 0 Å². The molecule has 9 heteroatoms. The average Bonchev–Trinajstić information content (AvgIpc) is 2.85. The van der Waals surface area contributed by atoms with E-state index in [0.29, 0.717) is 23.0 Å². The van der Waals surface area contributed by atoms with E-state index in [9.17, 15) is 4.79 Å². The lowest BCUT2D eigenvalue weighted by Gasteiger charge is -2.20. The first-order valence-corrected chi connectivity index (χ1v) is 7.40. The van der Waals surface area contributed by atoms with Crippen molar-refractivity contribution >= 4 is 27.4 Å². The Labute approximate surface area is 135 Å². The van der Waals surface area contributed by atoms with Crippen LogP contribution >= 0.6 is 15.9 Å². The number of aromatic amines is 1. The summed E-state index contributed by atoms with van der Waals surface area (Å²) in [5.41, 5.74) is 7.28. The van der Waals surface area contributed by atoms with Gasteiger partial charge >= 0.3 is 0 Å². The number of hydrogen-bond donors (Lipinski definition) is 2. The smallest absolute Gasteiger partial charge is 0.282 e. The number of aryl methyl sites for hydroxylation is 2. The van der Waals surface area contributed by atoms with E-state index in [4.69, 9.17) is 11.0 Å². The van der Waals surface area contributed by atoms with Gasteiger partial charge in [0.2, 0.25) is 0 Å². The number of H-pyrrole nitrogens is 1. The number of halogens is 1. The number of nitrogens with zero attached hydrogens (tertiary/aromatic N) is 5. The highest BCUT2D eigenvalue weighted by atomic mass is 79.9. The molecule has 0 bridgehead atoms. The van der Waals surface area contributed by atoms with Crippen molar-refractivity contribution in [3.63, 3.8) is 0 Å². The van der Waals surface area contributed by atoms with Gasteiger partial charge in [0.1, 0.15) is 16.1 Å². The van der Waals surface area contributed by atoms with Crippen molar-refractivity contribution < 1.29 is 0 Å². The van der Waals surface area contributed by atoms with Crippen LogP contribution in [0.3, 0.4) is 0 Å². The highest BCUT2D eigenvalue weighted by molar-refractivity contribution is 9.10. The molecule has 2 rings (SSSR count). The molecule has 2 aromatic heterocycles. The van der Waals surface area contributed by atoms with Gasteiger partial charge in [-0.2, -0.15) is 15.5 Å². The zero-order valence-corrected chi connectivity index (χ0v) is 13.9. The zero-order chi connectivity index (χ0) is 16.3. The SMILES string of the molecule is CN(CCCc1[nH]nc(N)c1C#N)c1cnn(C)c(=O)c1Br. The van der Waals surface area contributed by atoms with Crippen molar-refractivity contribution in [1.29, 1.82) is 5.26 Å². The molecule has 0 amide bonds. The highest BCUT2D eigenvalue weighted by Crippen LogP contribution is 2.20. The molecule has 0 saturated carbocycles. The number of hydrogen-bond acceptors (Lipinski definition) is 6. The van der Waals surface area contributed by atoms with Gasteiger partial charge in [-0.15, -0.1) is 0 Å². The molecule has 0 radical (unpaired) electrons. The van der Waals surface area contributed by atoms with Gasteiger partial charge in [0.15, 0.2) is 5.82 Å². The standard InChI is InChI=1S/C13H16BrN7O/c1-20(10-7-17-21(2)13(22)11(10)14)5-3-4-9-8(6-15)12(16)19-18-9/h7H,3-5H2,1-2H3,(H3,16,18,19). The maximum atomic E-state index is 11.8. The molecule has 0 aliphatic carbocycles. The van der Waals surface area contributed by atoms with Crippen molar-refractivity contribution in [2.24, 2.45) is 7.05 Å². The van der Waals surface area contributed by atoms with Crippen LogP contribution in [-0.4, -0.2) is 33.6 Å². The van der Waals surface area contributed by atoms with Crippen LogP contribution in [0.25, 0.3) is 0 Å². The van der Waals surface area contributed by atoms with E-state index >= 15 is 0 Å². The van der Waals surface area contributed by atoms with Crippen LogP contribution in [0.2, 0.25) is 0 Å². The summed E-state index contributed by atoms with van der Waals surface area (Å²) in [6, 6.07) is 2.04. The molecule has 2 heterocycles. The monoisotopic (exact) mass is 365 g/mol. The number of anilines is 2. The fourth-order valence-corrected chi connectivity index (χ4v) is 2.74. The molecule has 22 heavy (non-hydrogen) atoms. The van der Waals surface area contributed by atoms with Crippen LogP contribution in [0.4, 0.5) is 11.5 Å². The summed E-state index contributed by atoms with van der Waals surface area (Å²) >= 11 is 3.30. The Balaban J connectivity index is 2.02. The van der Waals surface area contributed by atoms with E-state index in [2.05, 4.69) is 31.2 Å². The maximum Gasteiger partial charge on any atom is 0.282 e. The summed E-state index contributed by atoms with van der Waals surface area (Å²) in [4.78, 5) is 13.8. The van der Waals surface area contributed by atoms with Gasteiger partial charge in [0.25, 0.3) is 5.56 Å². The van der Waals surface area contributed by atoms with Crippen LogP contribution in [-0.2, 0) is 13.5 Å². The molecule has 3 N–H and O–H groups in total. The van der Waals surface area contributed by atoms with Crippen LogP contribution in [0.5, 0.6) is 0 Å². The molecule has 0 spiro atoms. The van der Waals surface area contributed by atoms with E-state index in [0.717, 1.165) is 17.8 Å². The average molecular weight is 366 g/mol. The molecule has 2 aromatic rings. The predicted molar refractivity (Wildman–Crippen MR) is 86.5 cm³/mol. The summed E-state index contributed by atoms with van der Waals surface area (Å²) in [6.07, 6.45) is 3.06. The fraction of sp³-hybridized carbons (Fsp3) is 0.385. The molecule has 0 fully saturated rings. The van der Waals surface area contributed by atoms with Gasteiger partial charge in [-0.25, -0.2) is 4.68 Å². The normalized spacial score (nSPS) is 10.5. The number of rotatable bonds is 5. The second kappa shape index (κ2) is 6.62. The topological polar surface area (TPSA) is 117 Å². The van der Waals surface area contributed by atoms with Gasteiger partial charge in [-0.05, 0) is 28.8 Å². The lowest BCUT2D eigenvalue weighted by atomic mass is 10.1. The molecule has 8 nitrogen and oxygen atoms in total. The summed E-state index contributed by atoms with van der Waals surface area (Å²) in [7, 11) is 3.48. The number of nitriles is 1. The van der Waals surface area contributed by atoms with Gasteiger partial charge in [0.05, 0.1) is 17.6 Å². The summed E-state index contributed by atoms with van der Waals surface area (Å²) < 4.78 is 1.75. The third kappa shape index (κ3) is 3.12. The van der Waals surface area contributed by atoms with Crippen molar-refractivity contribution in [3.05, 3.63) is 32.3 Å². The molecule has 0 aliphatic heterocycles. The van der Waals surface area contributed by atoms with Crippen molar-refractivity contribution in [1.82, 2.24) is 20.0 Å². The van der Waals surface area contributed by atoms with E-state index in [1.807, 2.05) is 18.0 Å². The van der Waals surface area contributed by atoms with Crippen LogP contribution in [0, 0.1) is 11.3 Å². The Morgan fingerprint density at radius 3 is 3.00 bits per heavy atom. The minimum Gasteiger partial charge on any atom is -0.381 e. The predicted octanol–water partition coefficient (Wildman–Crippen LogP) is 0.789. The molecular formula is C13H16BrN7O. The van der Waals surface area contributed by atoms with Crippen molar-refractivity contribution in [2.75, 3.05) is 24.2 Å². The minimum absolute atomic E-state index is 0.183. The number of nitrogens with one attached hydrogen (secondary N) is 1. The Morgan fingerprint density at radius 2 is 2.32 bits per heavy atom. The Kier molecular flexibility index (Phi) is 4.82. The van der Waals surface area contributed by atoms with E-state index in [1.54, 1.807) is 13.2 Å². The van der Waals surface area contributed by atoms with Gasteiger partial charge in [-0.3, -0.25) is 9.89 Å². The molecule has 0 aromatic carbocycles. The summed E-state index contributed by atoms with van der Waals surface area (Å²) in [5.74, 6) is 0.226.